The van der Waals surface area contributed by atoms with Crippen LogP contribution in [-0.2, 0) is 23.8 Å². The molecule has 6 heteroatoms. The highest BCUT2D eigenvalue weighted by atomic mass is 16.5. The van der Waals surface area contributed by atoms with Gasteiger partial charge in [0.15, 0.2) is 0 Å². The molecule has 0 N–H and O–H groups in total. The first kappa shape index (κ1) is 15.9. The summed E-state index contributed by atoms with van der Waals surface area (Å²) >= 11 is 0. The zero-order valence-electron chi connectivity index (χ0n) is 11.9. The van der Waals surface area contributed by atoms with Crippen LogP contribution in [0.1, 0.15) is 26.7 Å². The van der Waals surface area contributed by atoms with Crippen LogP contribution in [0.2, 0.25) is 0 Å². The van der Waals surface area contributed by atoms with Crippen molar-refractivity contribution in [1.29, 1.82) is 0 Å². The Bertz CT molecular complexity index is 307. The monoisotopic (exact) mass is 273 g/mol. The molecule has 1 heterocycles. The number of rotatable bonds is 6. The lowest BCUT2D eigenvalue weighted by Crippen LogP contribution is -2.51. The van der Waals surface area contributed by atoms with E-state index in [4.69, 9.17) is 9.47 Å². The van der Waals surface area contributed by atoms with E-state index in [1.807, 2.05) is 11.8 Å². The highest BCUT2D eigenvalue weighted by Crippen LogP contribution is 2.15. The molecule has 0 spiro atoms. The molecule has 1 aliphatic heterocycles. The van der Waals surface area contributed by atoms with Crippen LogP contribution in [0.25, 0.3) is 0 Å². The van der Waals surface area contributed by atoms with E-state index < -0.39 is 0 Å². The summed E-state index contributed by atoms with van der Waals surface area (Å²) in [7, 11) is 1.36. The summed E-state index contributed by atoms with van der Waals surface area (Å²) in [6.45, 7) is 5.86. The molecule has 6 nitrogen and oxygen atoms in total. The molecule has 1 fully saturated rings. The molecule has 0 aliphatic carbocycles. The molecule has 0 saturated carbocycles. The van der Waals surface area contributed by atoms with Crippen molar-refractivity contribution in [3.63, 3.8) is 0 Å². The summed E-state index contributed by atoms with van der Waals surface area (Å²) in [6, 6.07) is -0.260. The zero-order chi connectivity index (χ0) is 14.3. The minimum absolute atomic E-state index is 0.205. The van der Waals surface area contributed by atoms with Gasteiger partial charge >= 0.3 is 11.9 Å². The number of esters is 2. The van der Waals surface area contributed by atoms with Gasteiger partial charge in [-0.05, 0) is 13.3 Å². The highest BCUT2D eigenvalue weighted by molar-refractivity contribution is 5.75. The number of carbonyl (C=O) groups excluding carboxylic acids is 2. The lowest BCUT2D eigenvalue weighted by atomic mass is 10.1. The Morgan fingerprint density at radius 1 is 1.42 bits per heavy atom. The molecule has 0 amide bonds. The van der Waals surface area contributed by atoms with Gasteiger partial charge in [-0.15, -0.1) is 0 Å². The first-order valence-corrected chi connectivity index (χ1v) is 6.71. The van der Waals surface area contributed by atoms with E-state index in [-0.39, 0.29) is 30.5 Å². The largest absolute Gasteiger partial charge is 0.469 e. The van der Waals surface area contributed by atoms with Crippen molar-refractivity contribution in [3.05, 3.63) is 0 Å². The smallest absolute Gasteiger partial charge is 0.323 e. The van der Waals surface area contributed by atoms with E-state index in [9.17, 15) is 9.59 Å². The van der Waals surface area contributed by atoms with Gasteiger partial charge in [0, 0.05) is 13.1 Å². The van der Waals surface area contributed by atoms with Gasteiger partial charge < -0.3 is 14.2 Å². The standard InChI is InChI=1S/C13H23NO5/c1-4-11(13(16)18-5-2)14-6-7-19-10(9-14)8-12(15)17-3/h10-11H,4-9H2,1-3H3. The summed E-state index contributed by atoms with van der Waals surface area (Å²) in [6.07, 6.45) is 0.681. The number of hydrogen-bond acceptors (Lipinski definition) is 6. The van der Waals surface area contributed by atoms with Crippen molar-refractivity contribution in [2.24, 2.45) is 0 Å². The zero-order valence-corrected chi connectivity index (χ0v) is 11.9. The Morgan fingerprint density at radius 2 is 2.16 bits per heavy atom. The molecular formula is C13H23NO5. The second kappa shape index (κ2) is 8.12. The molecule has 1 saturated heterocycles. The third kappa shape index (κ3) is 4.80. The van der Waals surface area contributed by atoms with Crippen molar-refractivity contribution < 1.29 is 23.8 Å². The molecule has 2 atom stereocenters. The maximum Gasteiger partial charge on any atom is 0.323 e. The van der Waals surface area contributed by atoms with Gasteiger partial charge in [0.25, 0.3) is 0 Å². The number of methoxy groups -OCH3 is 1. The van der Waals surface area contributed by atoms with Crippen LogP contribution in [0.3, 0.4) is 0 Å². The topological polar surface area (TPSA) is 65.1 Å². The Kier molecular flexibility index (Phi) is 6.80. The Hall–Kier alpha value is -1.14. The summed E-state index contributed by atoms with van der Waals surface area (Å²) in [4.78, 5) is 25.1. The molecule has 0 radical (unpaired) electrons. The van der Waals surface area contributed by atoms with Crippen LogP contribution >= 0.6 is 0 Å². The number of hydrogen-bond donors (Lipinski definition) is 0. The van der Waals surface area contributed by atoms with Gasteiger partial charge in [0.05, 0.1) is 32.8 Å². The van der Waals surface area contributed by atoms with Gasteiger partial charge in [0.1, 0.15) is 6.04 Å². The van der Waals surface area contributed by atoms with E-state index in [0.717, 1.165) is 0 Å². The van der Waals surface area contributed by atoms with Gasteiger partial charge in [-0.3, -0.25) is 14.5 Å². The fourth-order valence-electron chi connectivity index (χ4n) is 2.23. The molecule has 2 unspecified atom stereocenters. The summed E-state index contributed by atoms with van der Waals surface area (Å²) in [5.74, 6) is -0.500. The average Bonchev–Trinajstić information content (AvgIpc) is 2.40. The Labute approximate surface area is 114 Å². The van der Waals surface area contributed by atoms with Crippen LogP contribution in [-0.4, -0.2) is 62.4 Å². The molecular weight excluding hydrogens is 250 g/mol. The lowest BCUT2D eigenvalue weighted by Gasteiger charge is -2.36. The SMILES string of the molecule is CCOC(=O)C(CC)N1CCOC(CC(=O)OC)C1. The third-order valence-electron chi connectivity index (χ3n) is 3.18. The van der Waals surface area contributed by atoms with Crippen LogP contribution in [0.15, 0.2) is 0 Å². The van der Waals surface area contributed by atoms with Gasteiger partial charge in [-0.1, -0.05) is 6.92 Å². The number of morpholine rings is 1. The maximum absolute atomic E-state index is 11.9. The van der Waals surface area contributed by atoms with E-state index >= 15 is 0 Å². The predicted molar refractivity (Wildman–Crippen MR) is 68.7 cm³/mol. The first-order chi connectivity index (χ1) is 9.12. The van der Waals surface area contributed by atoms with Crippen LogP contribution in [0.5, 0.6) is 0 Å². The maximum atomic E-state index is 11.9. The van der Waals surface area contributed by atoms with E-state index in [1.165, 1.54) is 7.11 Å². The number of carbonyl (C=O) groups is 2. The van der Waals surface area contributed by atoms with Gasteiger partial charge in [-0.25, -0.2) is 0 Å². The molecule has 0 bridgehead atoms. The van der Waals surface area contributed by atoms with Crippen LogP contribution < -0.4 is 0 Å². The van der Waals surface area contributed by atoms with Crippen LogP contribution in [0.4, 0.5) is 0 Å². The average molecular weight is 273 g/mol. The Balaban J connectivity index is 2.56. The minimum atomic E-state index is -0.295. The summed E-state index contributed by atoms with van der Waals surface area (Å²) < 4.78 is 15.2. The summed E-state index contributed by atoms with van der Waals surface area (Å²) in [5, 5.41) is 0. The van der Waals surface area contributed by atoms with Crippen molar-refractivity contribution in [2.75, 3.05) is 33.4 Å². The summed E-state index contributed by atoms with van der Waals surface area (Å²) in [5.41, 5.74) is 0. The molecule has 0 aromatic carbocycles. The molecule has 110 valence electrons. The normalized spacial score (nSPS) is 21.7. The molecule has 0 aromatic heterocycles. The predicted octanol–water partition coefficient (Wildman–Crippen LogP) is 0.592. The quantitative estimate of drug-likeness (QED) is 0.660. The van der Waals surface area contributed by atoms with Crippen molar-refractivity contribution in [1.82, 2.24) is 4.90 Å². The molecule has 1 aliphatic rings. The fourth-order valence-corrected chi connectivity index (χ4v) is 2.23. The van der Waals surface area contributed by atoms with E-state index in [0.29, 0.717) is 32.7 Å². The molecule has 1 rings (SSSR count). The molecule has 19 heavy (non-hydrogen) atoms. The first-order valence-electron chi connectivity index (χ1n) is 6.71. The second-order valence-corrected chi connectivity index (χ2v) is 4.44. The highest BCUT2D eigenvalue weighted by Gasteiger charge is 2.31. The van der Waals surface area contributed by atoms with Gasteiger partial charge in [-0.2, -0.15) is 0 Å². The van der Waals surface area contributed by atoms with Crippen molar-refractivity contribution in [3.8, 4) is 0 Å². The van der Waals surface area contributed by atoms with Crippen LogP contribution in [0, 0.1) is 0 Å². The minimum Gasteiger partial charge on any atom is -0.469 e. The third-order valence-corrected chi connectivity index (χ3v) is 3.18. The molecule has 0 aromatic rings. The lowest BCUT2D eigenvalue weighted by molar-refractivity contribution is -0.154. The van der Waals surface area contributed by atoms with E-state index in [2.05, 4.69) is 4.74 Å². The fraction of sp³-hybridized carbons (Fsp3) is 0.846. The Morgan fingerprint density at radius 3 is 2.74 bits per heavy atom. The van der Waals surface area contributed by atoms with Crippen molar-refractivity contribution in [2.45, 2.75) is 38.8 Å². The van der Waals surface area contributed by atoms with Gasteiger partial charge in [0.2, 0.25) is 0 Å². The van der Waals surface area contributed by atoms with Crippen molar-refractivity contribution >= 4 is 11.9 Å². The second-order valence-electron chi connectivity index (χ2n) is 4.44. The van der Waals surface area contributed by atoms with E-state index in [1.54, 1.807) is 6.92 Å². The number of nitrogens with zero attached hydrogens (tertiary/aromatic N) is 1. The number of ether oxygens (including phenoxy) is 3.